The minimum atomic E-state index is -0.917. The van der Waals surface area contributed by atoms with E-state index in [0.29, 0.717) is 6.42 Å². The molecule has 15 heavy (non-hydrogen) atoms. The van der Waals surface area contributed by atoms with Crippen molar-refractivity contribution in [1.29, 1.82) is 0 Å². The van der Waals surface area contributed by atoms with E-state index in [1.54, 1.807) is 11.8 Å². The molecule has 1 aliphatic carbocycles. The van der Waals surface area contributed by atoms with Crippen molar-refractivity contribution in [3.05, 3.63) is 0 Å². The predicted molar refractivity (Wildman–Crippen MR) is 60.0 cm³/mol. The largest absolute Gasteiger partial charge is 0.480 e. The fraction of sp³-hybridized carbons (Fsp3) is 0.800. The number of aliphatic carboxylic acids is 1. The Labute approximate surface area is 94.0 Å². The first kappa shape index (κ1) is 12.4. The van der Waals surface area contributed by atoms with Crippen molar-refractivity contribution in [2.45, 2.75) is 31.7 Å². The second kappa shape index (κ2) is 6.00. The van der Waals surface area contributed by atoms with E-state index in [2.05, 4.69) is 0 Å². The highest BCUT2D eigenvalue weighted by Crippen LogP contribution is 2.27. The molecule has 0 unspecified atom stereocenters. The van der Waals surface area contributed by atoms with Gasteiger partial charge < -0.3 is 10.0 Å². The third kappa shape index (κ3) is 4.55. The smallest absolute Gasteiger partial charge is 0.323 e. The summed E-state index contributed by atoms with van der Waals surface area (Å²) in [4.78, 5) is 23.8. The van der Waals surface area contributed by atoms with Gasteiger partial charge in [-0.15, -0.1) is 0 Å². The molecule has 1 fully saturated rings. The third-order valence-corrected chi connectivity index (χ3v) is 3.05. The molecule has 0 radical (unpaired) electrons. The molecule has 0 aromatic rings. The van der Waals surface area contributed by atoms with Crippen LogP contribution < -0.4 is 0 Å². The summed E-state index contributed by atoms with van der Waals surface area (Å²) in [5, 5.41) is 8.68. The number of thioether (sulfide) groups is 1. The van der Waals surface area contributed by atoms with Crippen LogP contribution >= 0.6 is 11.8 Å². The standard InChI is InChI=1S/C10H17NO3S/c1-15-6-2-3-9(12)11(7-10(13)14)8-4-5-8/h8H,2-7H2,1H3,(H,13,14). The van der Waals surface area contributed by atoms with Gasteiger partial charge in [0, 0.05) is 12.5 Å². The molecule has 0 aromatic heterocycles. The van der Waals surface area contributed by atoms with E-state index in [0.717, 1.165) is 25.0 Å². The lowest BCUT2D eigenvalue weighted by Gasteiger charge is -2.19. The van der Waals surface area contributed by atoms with E-state index in [1.165, 1.54) is 4.90 Å². The highest BCUT2D eigenvalue weighted by atomic mass is 32.2. The maximum absolute atomic E-state index is 11.7. The van der Waals surface area contributed by atoms with Crippen LogP contribution in [0, 0.1) is 0 Å². The molecule has 0 saturated heterocycles. The SMILES string of the molecule is CSCCCC(=O)N(CC(=O)O)C1CC1. The maximum Gasteiger partial charge on any atom is 0.323 e. The van der Waals surface area contributed by atoms with Gasteiger partial charge in [-0.25, -0.2) is 0 Å². The van der Waals surface area contributed by atoms with Crippen molar-refractivity contribution in [3.63, 3.8) is 0 Å². The Balaban J connectivity index is 2.34. The Bertz CT molecular complexity index is 241. The third-order valence-electron chi connectivity index (χ3n) is 2.35. The van der Waals surface area contributed by atoms with E-state index in [-0.39, 0.29) is 18.5 Å². The lowest BCUT2D eigenvalue weighted by molar-refractivity contribution is -0.144. The molecule has 1 aliphatic rings. The fourth-order valence-electron chi connectivity index (χ4n) is 1.46. The first-order valence-electron chi connectivity index (χ1n) is 5.15. The average molecular weight is 231 g/mol. The summed E-state index contributed by atoms with van der Waals surface area (Å²) in [6.45, 7) is -0.136. The van der Waals surface area contributed by atoms with E-state index < -0.39 is 5.97 Å². The molecular formula is C10H17NO3S. The highest BCUT2D eigenvalue weighted by molar-refractivity contribution is 7.98. The summed E-state index contributed by atoms with van der Waals surface area (Å²) < 4.78 is 0. The molecule has 0 bridgehead atoms. The summed E-state index contributed by atoms with van der Waals surface area (Å²) >= 11 is 1.71. The van der Waals surface area contributed by atoms with Crippen molar-refractivity contribution in [1.82, 2.24) is 4.90 Å². The minimum Gasteiger partial charge on any atom is -0.480 e. The molecule has 86 valence electrons. The first-order valence-corrected chi connectivity index (χ1v) is 6.54. The topological polar surface area (TPSA) is 57.6 Å². The van der Waals surface area contributed by atoms with Gasteiger partial charge in [0.05, 0.1) is 0 Å². The molecule has 1 saturated carbocycles. The second-order valence-corrected chi connectivity index (χ2v) is 4.73. The van der Waals surface area contributed by atoms with Gasteiger partial charge in [-0.1, -0.05) is 0 Å². The normalized spacial score (nSPS) is 15.0. The van der Waals surface area contributed by atoms with Gasteiger partial charge in [-0.2, -0.15) is 11.8 Å². The fourth-order valence-corrected chi connectivity index (χ4v) is 1.90. The molecule has 0 heterocycles. The zero-order valence-electron chi connectivity index (χ0n) is 8.94. The number of carboxylic acids is 1. The zero-order chi connectivity index (χ0) is 11.3. The number of hydrogen-bond acceptors (Lipinski definition) is 3. The predicted octanol–water partition coefficient (Wildman–Crippen LogP) is 1.21. The number of carboxylic acid groups (broad SMARTS) is 1. The van der Waals surface area contributed by atoms with E-state index in [1.807, 2.05) is 6.26 Å². The molecule has 1 amide bonds. The zero-order valence-corrected chi connectivity index (χ0v) is 9.76. The number of carbonyl (C=O) groups is 2. The quantitative estimate of drug-likeness (QED) is 0.669. The Morgan fingerprint density at radius 3 is 2.60 bits per heavy atom. The van der Waals surface area contributed by atoms with Gasteiger partial charge in [0.15, 0.2) is 0 Å². The summed E-state index contributed by atoms with van der Waals surface area (Å²) in [6, 6.07) is 0.197. The van der Waals surface area contributed by atoms with Crippen LogP contribution in [0.25, 0.3) is 0 Å². The van der Waals surface area contributed by atoms with E-state index in [9.17, 15) is 9.59 Å². The molecule has 4 nitrogen and oxygen atoms in total. The van der Waals surface area contributed by atoms with Crippen LogP contribution in [0.1, 0.15) is 25.7 Å². The lowest BCUT2D eigenvalue weighted by atomic mass is 10.3. The molecule has 1 N–H and O–H groups in total. The number of amides is 1. The molecule has 1 rings (SSSR count). The van der Waals surface area contributed by atoms with Crippen LogP contribution in [0.15, 0.2) is 0 Å². The summed E-state index contributed by atoms with van der Waals surface area (Å²) in [7, 11) is 0. The van der Waals surface area contributed by atoms with Gasteiger partial charge in [0.2, 0.25) is 5.91 Å². The molecule has 5 heteroatoms. The van der Waals surface area contributed by atoms with Crippen LogP contribution in [0.4, 0.5) is 0 Å². The van der Waals surface area contributed by atoms with Crippen molar-refractivity contribution in [2.75, 3.05) is 18.6 Å². The number of hydrogen-bond donors (Lipinski definition) is 1. The van der Waals surface area contributed by atoms with Crippen LogP contribution in [-0.4, -0.2) is 46.5 Å². The van der Waals surface area contributed by atoms with Crippen molar-refractivity contribution in [3.8, 4) is 0 Å². The number of rotatable bonds is 7. The molecular weight excluding hydrogens is 214 g/mol. The minimum absolute atomic E-state index is 0.00560. The van der Waals surface area contributed by atoms with Gasteiger partial charge >= 0.3 is 5.97 Å². The Kier molecular flexibility index (Phi) is 4.94. The van der Waals surface area contributed by atoms with Gasteiger partial charge in [0.1, 0.15) is 6.54 Å². The van der Waals surface area contributed by atoms with Crippen LogP contribution in [-0.2, 0) is 9.59 Å². The van der Waals surface area contributed by atoms with E-state index in [4.69, 9.17) is 5.11 Å². The molecule has 0 spiro atoms. The molecule has 0 aromatic carbocycles. The maximum atomic E-state index is 11.7. The highest BCUT2D eigenvalue weighted by Gasteiger charge is 2.33. The van der Waals surface area contributed by atoms with Crippen LogP contribution in [0.3, 0.4) is 0 Å². The summed E-state index contributed by atoms with van der Waals surface area (Å²) in [5.41, 5.74) is 0. The van der Waals surface area contributed by atoms with Crippen LogP contribution in [0.2, 0.25) is 0 Å². The Morgan fingerprint density at radius 1 is 1.47 bits per heavy atom. The first-order chi connectivity index (χ1) is 7.15. The summed E-state index contributed by atoms with van der Waals surface area (Å²) in [6.07, 6.45) is 5.23. The average Bonchev–Trinajstić information content (AvgIpc) is 2.97. The van der Waals surface area contributed by atoms with Gasteiger partial charge in [-0.05, 0) is 31.3 Å². The second-order valence-electron chi connectivity index (χ2n) is 3.74. The van der Waals surface area contributed by atoms with Crippen molar-refractivity contribution >= 4 is 23.6 Å². The monoisotopic (exact) mass is 231 g/mol. The molecule has 0 atom stereocenters. The lowest BCUT2D eigenvalue weighted by Crippen LogP contribution is -2.37. The number of nitrogens with zero attached hydrogens (tertiary/aromatic N) is 1. The van der Waals surface area contributed by atoms with E-state index >= 15 is 0 Å². The number of carbonyl (C=O) groups excluding carboxylic acids is 1. The van der Waals surface area contributed by atoms with Crippen LogP contribution in [0.5, 0.6) is 0 Å². The van der Waals surface area contributed by atoms with Gasteiger partial charge in [-0.3, -0.25) is 9.59 Å². The Morgan fingerprint density at radius 2 is 2.13 bits per heavy atom. The summed E-state index contributed by atoms with van der Waals surface area (Å²) in [5.74, 6) is 0.0335. The van der Waals surface area contributed by atoms with Gasteiger partial charge in [0.25, 0.3) is 0 Å². The Hall–Kier alpha value is -0.710. The van der Waals surface area contributed by atoms with Crippen molar-refractivity contribution < 1.29 is 14.7 Å². The molecule has 0 aliphatic heterocycles. The van der Waals surface area contributed by atoms with Crippen molar-refractivity contribution in [2.24, 2.45) is 0 Å².